The van der Waals surface area contributed by atoms with E-state index in [1.54, 1.807) is 0 Å². The van der Waals surface area contributed by atoms with Crippen LogP contribution in [-0.4, -0.2) is 12.1 Å². The van der Waals surface area contributed by atoms with E-state index < -0.39 is 0 Å². The Balaban J connectivity index is 0.841. The molecule has 0 fully saturated rings. The largest absolute Gasteiger partial charge is 0.333 e. The quantitative estimate of drug-likeness (QED) is 0.136. The lowest BCUT2D eigenvalue weighted by Gasteiger charge is -2.28. The van der Waals surface area contributed by atoms with Crippen molar-refractivity contribution in [2.75, 3.05) is 19.6 Å². The van der Waals surface area contributed by atoms with Crippen LogP contribution in [0.25, 0.3) is 22.3 Å². The molecule has 4 atom stereocenters. The second kappa shape index (κ2) is 17.7. The number of para-hydroxylation sites is 3. The van der Waals surface area contributed by atoms with E-state index in [0.29, 0.717) is 0 Å². The molecule has 334 valence electrons. The molecule has 0 N–H and O–H groups in total. The van der Waals surface area contributed by atoms with Crippen LogP contribution >= 0.6 is 0 Å². The Morgan fingerprint density at radius 1 is 0.271 bits per heavy atom. The molecule has 0 saturated heterocycles. The van der Waals surface area contributed by atoms with Crippen LogP contribution in [0.5, 0.6) is 0 Å². The van der Waals surface area contributed by atoms with Crippen LogP contribution in [0.4, 0.5) is 56.9 Å². The van der Waals surface area contributed by atoms with E-state index in [9.17, 15) is 0 Å². The van der Waals surface area contributed by atoms with Crippen molar-refractivity contribution in [3.63, 3.8) is 0 Å². The van der Waals surface area contributed by atoms with Gasteiger partial charge < -0.3 is 19.6 Å². The fourth-order valence-electron chi connectivity index (χ4n) is 11.2. The van der Waals surface area contributed by atoms with Gasteiger partial charge in [0.05, 0.1) is 12.1 Å². The molecule has 4 nitrogen and oxygen atoms in total. The lowest BCUT2D eigenvalue weighted by Crippen LogP contribution is -2.28. The van der Waals surface area contributed by atoms with Gasteiger partial charge in [0.1, 0.15) is 0 Å². The Bertz CT molecular complexity index is 3430. The zero-order chi connectivity index (χ0) is 46.4. The number of hydrogen-bond donors (Lipinski definition) is 0. The monoisotopic (exact) mass is 898 g/mol. The standard InChI is InChI=1S/C66H50N4/c1-5-17-47(18-6-1)48-29-35-55(36-30-48)68(58-42-44-66-62(46-58)60-26-14-16-28-64(60)70(66)53-23-11-4-12-24-53)56-39-33-50(34-40-56)49-31-37-54(38-32-49)67(51-19-7-2-8-20-51)57-41-43-65-61(45-57)59-25-13-15-27-63(59)69(65)52-21-9-3-10-22-52/h1-46,59-60,63-64H. The van der Waals surface area contributed by atoms with Gasteiger partial charge in [0, 0.05) is 68.7 Å². The molecule has 13 rings (SSSR count). The topological polar surface area (TPSA) is 13.0 Å². The SMILES string of the molecule is C1=CC2c3cc(N(c4ccccc4)c4ccc(-c5ccc(N(c6ccc(-c7ccccc7)cc6)c6ccc7c(c6)C6C=CC=CC6N7c6ccccc6)cc5)cc4)ccc3N(c3ccccc3)C2C=C1. The molecule has 0 saturated carbocycles. The zero-order valence-electron chi connectivity index (χ0n) is 38.7. The van der Waals surface area contributed by atoms with E-state index in [4.69, 9.17) is 0 Å². The lowest BCUT2D eigenvalue weighted by atomic mass is 9.91. The third kappa shape index (κ3) is 7.33. The van der Waals surface area contributed by atoms with Gasteiger partial charge in [-0.25, -0.2) is 0 Å². The van der Waals surface area contributed by atoms with Gasteiger partial charge in [0.2, 0.25) is 0 Å². The summed E-state index contributed by atoms with van der Waals surface area (Å²) < 4.78 is 0. The molecule has 2 aliphatic heterocycles. The molecule has 0 spiro atoms. The summed E-state index contributed by atoms with van der Waals surface area (Å²) in [4.78, 5) is 9.77. The van der Waals surface area contributed by atoms with Crippen molar-refractivity contribution >= 4 is 56.9 Å². The Morgan fingerprint density at radius 3 is 0.986 bits per heavy atom. The molecule has 0 amide bonds. The van der Waals surface area contributed by atoms with Crippen LogP contribution in [-0.2, 0) is 0 Å². The number of benzene rings is 9. The van der Waals surface area contributed by atoms with Crippen LogP contribution in [0.2, 0.25) is 0 Å². The van der Waals surface area contributed by atoms with Gasteiger partial charge in [0.15, 0.2) is 0 Å². The molecule has 9 aromatic carbocycles. The number of anilines is 10. The molecule has 4 aliphatic rings. The first-order valence-corrected chi connectivity index (χ1v) is 24.4. The molecule has 4 heteroatoms. The highest BCUT2D eigenvalue weighted by atomic mass is 15.2. The van der Waals surface area contributed by atoms with Crippen molar-refractivity contribution in [3.8, 4) is 22.3 Å². The molecule has 0 aromatic heterocycles. The average Bonchev–Trinajstić information content (AvgIpc) is 3.95. The predicted molar refractivity (Wildman–Crippen MR) is 293 cm³/mol. The molecule has 0 radical (unpaired) electrons. The Morgan fingerprint density at radius 2 is 0.586 bits per heavy atom. The highest BCUT2D eigenvalue weighted by molar-refractivity contribution is 5.86. The predicted octanol–water partition coefficient (Wildman–Crippen LogP) is 17.4. The van der Waals surface area contributed by atoms with E-state index >= 15 is 0 Å². The van der Waals surface area contributed by atoms with Crippen LogP contribution < -0.4 is 19.6 Å². The number of fused-ring (bicyclic) bond motifs is 6. The number of rotatable bonds is 10. The van der Waals surface area contributed by atoms with Gasteiger partial charge in [-0.1, -0.05) is 170 Å². The average molecular weight is 899 g/mol. The number of allylic oxidation sites excluding steroid dienone is 4. The third-order valence-corrected chi connectivity index (χ3v) is 14.5. The second-order valence-corrected chi connectivity index (χ2v) is 18.5. The summed E-state index contributed by atoms with van der Waals surface area (Å²) >= 11 is 0. The van der Waals surface area contributed by atoms with E-state index in [1.807, 2.05) is 0 Å². The fourth-order valence-corrected chi connectivity index (χ4v) is 11.2. The van der Waals surface area contributed by atoms with Gasteiger partial charge in [-0.05, 0) is 143 Å². The van der Waals surface area contributed by atoms with Crippen LogP contribution in [0.15, 0.2) is 279 Å². The van der Waals surface area contributed by atoms with Crippen molar-refractivity contribution < 1.29 is 0 Å². The fraction of sp³-hybridized carbons (Fsp3) is 0.0606. The zero-order valence-corrected chi connectivity index (χ0v) is 38.7. The first-order chi connectivity index (χ1) is 34.7. The third-order valence-electron chi connectivity index (χ3n) is 14.5. The summed E-state index contributed by atoms with van der Waals surface area (Å²) in [6, 6.07) is 84.5. The maximum Gasteiger partial charge on any atom is 0.0629 e. The summed E-state index contributed by atoms with van der Waals surface area (Å²) in [6.45, 7) is 0. The molecular weight excluding hydrogens is 849 g/mol. The highest BCUT2D eigenvalue weighted by Gasteiger charge is 2.39. The number of hydrogen-bond acceptors (Lipinski definition) is 4. The summed E-state index contributed by atoms with van der Waals surface area (Å²) in [5.74, 6) is 0.511. The smallest absolute Gasteiger partial charge is 0.0629 e. The maximum absolute atomic E-state index is 2.49. The van der Waals surface area contributed by atoms with Crippen molar-refractivity contribution in [1.29, 1.82) is 0 Å². The summed E-state index contributed by atoms with van der Waals surface area (Å²) in [5, 5.41) is 0. The molecule has 0 bridgehead atoms. The Hall–Kier alpha value is -8.86. The number of nitrogens with zero attached hydrogens (tertiary/aromatic N) is 4. The molecular formula is C66H50N4. The molecule has 2 heterocycles. The molecule has 4 unspecified atom stereocenters. The van der Waals surface area contributed by atoms with E-state index in [2.05, 4.69) is 299 Å². The van der Waals surface area contributed by atoms with Gasteiger partial charge >= 0.3 is 0 Å². The van der Waals surface area contributed by atoms with E-state index in [0.717, 1.165) is 39.7 Å². The summed E-state index contributed by atoms with van der Waals surface area (Å²) in [5.41, 5.74) is 19.1. The molecule has 2 aliphatic carbocycles. The highest BCUT2D eigenvalue weighted by Crippen LogP contribution is 2.52. The van der Waals surface area contributed by atoms with Crippen LogP contribution in [0.3, 0.4) is 0 Å². The molecule has 9 aromatic rings. The van der Waals surface area contributed by atoms with Crippen molar-refractivity contribution in [2.45, 2.75) is 23.9 Å². The minimum absolute atomic E-state index is 0.223. The van der Waals surface area contributed by atoms with Gasteiger partial charge in [-0.3, -0.25) is 0 Å². The Labute approximate surface area is 411 Å². The van der Waals surface area contributed by atoms with Crippen molar-refractivity contribution in [1.82, 2.24) is 0 Å². The minimum Gasteiger partial charge on any atom is -0.333 e. The van der Waals surface area contributed by atoms with Crippen LogP contribution in [0.1, 0.15) is 23.0 Å². The van der Waals surface area contributed by atoms with Gasteiger partial charge in [-0.15, -0.1) is 0 Å². The minimum atomic E-state index is 0.223. The maximum atomic E-state index is 2.49. The van der Waals surface area contributed by atoms with Gasteiger partial charge in [-0.2, -0.15) is 0 Å². The van der Waals surface area contributed by atoms with Crippen LogP contribution in [0, 0.1) is 0 Å². The first kappa shape index (κ1) is 41.3. The first-order valence-electron chi connectivity index (χ1n) is 24.4. The Kier molecular flexibility index (Phi) is 10.4. The molecule has 70 heavy (non-hydrogen) atoms. The second-order valence-electron chi connectivity index (χ2n) is 18.5. The van der Waals surface area contributed by atoms with Crippen molar-refractivity contribution in [2.24, 2.45) is 0 Å². The van der Waals surface area contributed by atoms with E-state index in [-0.39, 0.29) is 23.9 Å². The lowest BCUT2D eigenvalue weighted by molar-refractivity contribution is 0.745. The van der Waals surface area contributed by atoms with E-state index in [1.165, 1.54) is 50.6 Å². The normalized spacial score (nSPS) is 18.0. The van der Waals surface area contributed by atoms with Crippen molar-refractivity contribution in [3.05, 3.63) is 290 Å². The van der Waals surface area contributed by atoms with Gasteiger partial charge in [0.25, 0.3) is 0 Å². The summed E-state index contributed by atoms with van der Waals surface area (Å²) in [7, 11) is 0. The summed E-state index contributed by atoms with van der Waals surface area (Å²) in [6.07, 6.45) is 18.2.